The van der Waals surface area contributed by atoms with E-state index in [2.05, 4.69) is 19.3 Å². The first-order valence-electron chi connectivity index (χ1n) is 8.35. The summed E-state index contributed by atoms with van der Waals surface area (Å²) in [7, 11) is 0. The summed E-state index contributed by atoms with van der Waals surface area (Å²) in [5.74, 6) is 6.93. The average Bonchev–Trinajstić information content (AvgIpc) is 2.43. The Kier molecular flexibility index (Phi) is 5.58. The second kappa shape index (κ2) is 6.86. The van der Waals surface area contributed by atoms with E-state index in [0.29, 0.717) is 30.6 Å². The van der Waals surface area contributed by atoms with E-state index in [1.807, 2.05) is 0 Å². The minimum absolute atomic E-state index is 0.189. The molecule has 124 valence electrons. The van der Waals surface area contributed by atoms with Gasteiger partial charge in [0.2, 0.25) is 0 Å². The van der Waals surface area contributed by atoms with Crippen LogP contribution in [0.2, 0.25) is 0 Å². The molecule has 0 bridgehead atoms. The van der Waals surface area contributed by atoms with Crippen molar-refractivity contribution in [3.05, 3.63) is 0 Å². The van der Waals surface area contributed by atoms with Crippen molar-refractivity contribution in [1.82, 2.24) is 5.43 Å². The van der Waals surface area contributed by atoms with E-state index in [4.69, 9.17) is 5.84 Å². The molecule has 2 saturated carbocycles. The maximum atomic E-state index is 12.8. The summed E-state index contributed by atoms with van der Waals surface area (Å²) in [6.07, 6.45) is 1.33. The van der Waals surface area contributed by atoms with Gasteiger partial charge >= 0.3 is 6.18 Å². The van der Waals surface area contributed by atoms with Crippen molar-refractivity contribution in [1.29, 1.82) is 0 Å². The first-order chi connectivity index (χ1) is 9.82. The Morgan fingerprint density at radius 3 is 1.95 bits per heavy atom. The fraction of sp³-hybridized carbons (Fsp3) is 1.00. The monoisotopic (exact) mass is 306 g/mol. The minimum atomic E-state index is -4.02. The Balaban J connectivity index is 1.91. The van der Waals surface area contributed by atoms with E-state index in [1.165, 1.54) is 6.42 Å². The van der Waals surface area contributed by atoms with Gasteiger partial charge in [-0.2, -0.15) is 13.2 Å². The van der Waals surface area contributed by atoms with Crippen LogP contribution in [0.25, 0.3) is 0 Å². The second-order valence-corrected chi connectivity index (χ2v) is 7.37. The third kappa shape index (κ3) is 4.13. The number of hydrazine groups is 1. The molecule has 21 heavy (non-hydrogen) atoms. The second-order valence-electron chi connectivity index (χ2n) is 7.37. The lowest BCUT2D eigenvalue weighted by molar-refractivity contribution is -0.184. The molecular weight excluding hydrogens is 277 g/mol. The van der Waals surface area contributed by atoms with Gasteiger partial charge in [0.15, 0.2) is 0 Å². The van der Waals surface area contributed by atoms with Crippen LogP contribution in [0, 0.1) is 29.6 Å². The third-order valence-electron chi connectivity index (χ3n) is 6.08. The van der Waals surface area contributed by atoms with E-state index in [-0.39, 0.29) is 18.9 Å². The van der Waals surface area contributed by atoms with Crippen molar-refractivity contribution < 1.29 is 13.2 Å². The molecular formula is C16H29F3N2. The van der Waals surface area contributed by atoms with Crippen LogP contribution in [0.1, 0.15) is 58.8 Å². The van der Waals surface area contributed by atoms with Crippen LogP contribution >= 0.6 is 0 Å². The molecule has 0 aromatic rings. The molecule has 2 nitrogen and oxygen atoms in total. The highest BCUT2D eigenvalue weighted by atomic mass is 19.4. The fourth-order valence-corrected chi connectivity index (χ4v) is 4.38. The molecule has 4 atom stereocenters. The number of hydrogen-bond acceptors (Lipinski definition) is 2. The zero-order valence-corrected chi connectivity index (χ0v) is 13.1. The Morgan fingerprint density at radius 1 is 0.905 bits per heavy atom. The molecule has 3 N–H and O–H groups in total. The standard InChI is InChI=1S/C16H29F3N2/c1-10-3-4-13(9-11(10)2)15(21-20)12-5-7-14(8-6-12)16(17,18)19/h10-15,21H,3-9,20H2,1-2H3. The summed E-state index contributed by atoms with van der Waals surface area (Å²) in [5, 5.41) is 0. The Morgan fingerprint density at radius 2 is 1.48 bits per heavy atom. The molecule has 0 spiro atoms. The zero-order valence-electron chi connectivity index (χ0n) is 13.1. The number of nitrogens with one attached hydrogen (secondary N) is 1. The Hall–Kier alpha value is -0.290. The zero-order chi connectivity index (χ0) is 15.6. The first kappa shape index (κ1) is 17.1. The number of halogens is 3. The normalized spacial score (nSPS) is 40.0. The molecule has 0 heterocycles. The number of hydrogen-bond donors (Lipinski definition) is 2. The van der Waals surface area contributed by atoms with Crippen LogP contribution in [0.3, 0.4) is 0 Å². The molecule has 0 aliphatic heterocycles. The van der Waals surface area contributed by atoms with Crippen LogP contribution in [-0.2, 0) is 0 Å². The topological polar surface area (TPSA) is 38.0 Å². The number of alkyl halides is 3. The van der Waals surface area contributed by atoms with Gasteiger partial charge in [-0.05, 0) is 62.2 Å². The molecule has 0 aromatic carbocycles. The first-order valence-corrected chi connectivity index (χ1v) is 8.35. The van der Waals surface area contributed by atoms with Crippen LogP contribution < -0.4 is 11.3 Å². The lowest BCUT2D eigenvalue weighted by Gasteiger charge is -2.42. The summed E-state index contributed by atoms with van der Waals surface area (Å²) in [6, 6.07) is 0.189. The highest BCUT2D eigenvalue weighted by Crippen LogP contribution is 2.43. The van der Waals surface area contributed by atoms with Gasteiger partial charge in [0.25, 0.3) is 0 Å². The summed E-state index contributed by atoms with van der Waals surface area (Å²) in [6.45, 7) is 4.57. The molecule has 0 saturated heterocycles. The van der Waals surface area contributed by atoms with Crippen molar-refractivity contribution >= 4 is 0 Å². The maximum Gasteiger partial charge on any atom is 0.391 e. The van der Waals surface area contributed by atoms with Crippen LogP contribution in [0.5, 0.6) is 0 Å². The molecule has 0 radical (unpaired) electrons. The molecule has 2 aliphatic rings. The van der Waals surface area contributed by atoms with Crippen LogP contribution in [-0.4, -0.2) is 12.2 Å². The van der Waals surface area contributed by atoms with E-state index in [0.717, 1.165) is 18.8 Å². The van der Waals surface area contributed by atoms with Gasteiger partial charge in [0, 0.05) is 6.04 Å². The quantitative estimate of drug-likeness (QED) is 0.604. The van der Waals surface area contributed by atoms with Crippen molar-refractivity contribution in [3.63, 3.8) is 0 Å². The van der Waals surface area contributed by atoms with Crippen LogP contribution in [0.4, 0.5) is 13.2 Å². The van der Waals surface area contributed by atoms with Gasteiger partial charge in [-0.15, -0.1) is 0 Å². The highest BCUT2D eigenvalue weighted by Gasteiger charge is 2.43. The van der Waals surface area contributed by atoms with E-state index >= 15 is 0 Å². The SMILES string of the molecule is CC1CCC(C(NN)C2CCC(C(F)(F)F)CC2)CC1C. The summed E-state index contributed by atoms with van der Waals surface area (Å²) in [4.78, 5) is 0. The third-order valence-corrected chi connectivity index (χ3v) is 6.08. The van der Waals surface area contributed by atoms with Crippen molar-refractivity contribution in [2.24, 2.45) is 35.4 Å². The molecule has 0 aromatic heterocycles. The number of nitrogens with two attached hydrogens (primary N) is 1. The molecule has 2 rings (SSSR count). The average molecular weight is 306 g/mol. The van der Waals surface area contributed by atoms with Crippen molar-refractivity contribution in [3.8, 4) is 0 Å². The van der Waals surface area contributed by atoms with Gasteiger partial charge in [0.1, 0.15) is 0 Å². The van der Waals surface area contributed by atoms with E-state index in [9.17, 15) is 13.2 Å². The van der Waals surface area contributed by atoms with Crippen LogP contribution in [0.15, 0.2) is 0 Å². The molecule has 2 aliphatic carbocycles. The summed E-state index contributed by atoms with van der Waals surface area (Å²) in [5.41, 5.74) is 2.95. The molecule has 0 amide bonds. The Labute approximate surface area is 126 Å². The molecule has 2 fully saturated rings. The van der Waals surface area contributed by atoms with E-state index in [1.54, 1.807) is 0 Å². The largest absolute Gasteiger partial charge is 0.391 e. The summed E-state index contributed by atoms with van der Waals surface area (Å²) < 4.78 is 38.3. The Bertz CT molecular complexity index is 324. The predicted octanol–water partition coefficient (Wildman–Crippen LogP) is 4.26. The summed E-state index contributed by atoms with van der Waals surface area (Å²) >= 11 is 0. The van der Waals surface area contributed by atoms with Gasteiger partial charge in [0.05, 0.1) is 5.92 Å². The highest BCUT2D eigenvalue weighted by molar-refractivity contribution is 4.90. The van der Waals surface area contributed by atoms with Gasteiger partial charge in [-0.1, -0.05) is 20.3 Å². The van der Waals surface area contributed by atoms with Crippen molar-refractivity contribution in [2.75, 3.05) is 0 Å². The number of rotatable bonds is 3. The van der Waals surface area contributed by atoms with Gasteiger partial charge < -0.3 is 0 Å². The van der Waals surface area contributed by atoms with Gasteiger partial charge in [-0.25, -0.2) is 0 Å². The smallest absolute Gasteiger partial charge is 0.271 e. The van der Waals surface area contributed by atoms with E-state index < -0.39 is 12.1 Å². The van der Waals surface area contributed by atoms with Gasteiger partial charge in [-0.3, -0.25) is 11.3 Å². The lowest BCUT2D eigenvalue weighted by atomic mass is 9.68. The van der Waals surface area contributed by atoms with Crippen molar-refractivity contribution in [2.45, 2.75) is 71.0 Å². The molecule has 4 unspecified atom stereocenters. The lowest BCUT2D eigenvalue weighted by Crippen LogP contribution is -2.49. The maximum absolute atomic E-state index is 12.8. The molecule has 5 heteroatoms. The predicted molar refractivity (Wildman–Crippen MR) is 78.3 cm³/mol. The fourth-order valence-electron chi connectivity index (χ4n) is 4.38. The minimum Gasteiger partial charge on any atom is -0.271 e.